The third-order valence-corrected chi connectivity index (χ3v) is 4.02. The van der Waals surface area contributed by atoms with Crippen LogP contribution in [-0.4, -0.2) is 18.1 Å². The minimum absolute atomic E-state index is 0.0352. The second kappa shape index (κ2) is 5.21. The molecule has 108 valence electrons. The lowest BCUT2D eigenvalue weighted by Gasteiger charge is -2.22. The first-order valence-electron chi connectivity index (χ1n) is 7.63. The molecule has 1 fully saturated rings. The third kappa shape index (κ3) is 2.88. The molecule has 3 heteroatoms. The van der Waals surface area contributed by atoms with Gasteiger partial charge in [0.25, 0.3) is 0 Å². The summed E-state index contributed by atoms with van der Waals surface area (Å²) >= 11 is 0. The van der Waals surface area contributed by atoms with Crippen molar-refractivity contribution in [2.24, 2.45) is 5.92 Å². The van der Waals surface area contributed by atoms with Crippen LogP contribution in [0.1, 0.15) is 45.1 Å². The molecule has 1 N–H and O–H groups in total. The van der Waals surface area contributed by atoms with Gasteiger partial charge < -0.3 is 9.73 Å². The number of oxazole rings is 1. The second-order valence-corrected chi connectivity index (χ2v) is 6.99. The number of nitrogens with zero attached hydrogens (tertiary/aromatic N) is 1. The average Bonchev–Trinajstić information content (AvgIpc) is 2.83. The molecular weight excluding hydrogens is 248 g/mol. The SMILES string of the molecule is CC(C)(C)c1nc2cc(CC3CCCNC3)ccc2o1. The van der Waals surface area contributed by atoms with Gasteiger partial charge in [-0.15, -0.1) is 0 Å². The molecule has 20 heavy (non-hydrogen) atoms. The van der Waals surface area contributed by atoms with Crippen molar-refractivity contribution in [1.29, 1.82) is 0 Å². The Morgan fingerprint density at radius 3 is 2.90 bits per heavy atom. The monoisotopic (exact) mass is 272 g/mol. The van der Waals surface area contributed by atoms with Crippen LogP contribution >= 0.6 is 0 Å². The van der Waals surface area contributed by atoms with E-state index in [-0.39, 0.29) is 5.41 Å². The fourth-order valence-electron chi connectivity index (χ4n) is 2.85. The Bertz CT molecular complexity index is 589. The van der Waals surface area contributed by atoms with E-state index in [4.69, 9.17) is 4.42 Å². The van der Waals surface area contributed by atoms with Crippen LogP contribution in [0.5, 0.6) is 0 Å². The predicted octanol–water partition coefficient (Wildman–Crippen LogP) is 3.67. The van der Waals surface area contributed by atoms with Crippen molar-refractivity contribution < 1.29 is 4.42 Å². The highest BCUT2D eigenvalue weighted by atomic mass is 16.3. The minimum atomic E-state index is -0.0352. The van der Waals surface area contributed by atoms with Crippen LogP contribution in [0.2, 0.25) is 0 Å². The molecule has 0 spiro atoms. The van der Waals surface area contributed by atoms with Crippen molar-refractivity contribution in [1.82, 2.24) is 10.3 Å². The van der Waals surface area contributed by atoms with Crippen molar-refractivity contribution in [3.8, 4) is 0 Å². The number of rotatable bonds is 2. The van der Waals surface area contributed by atoms with Crippen LogP contribution in [0.25, 0.3) is 11.1 Å². The molecule has 1 atom stereocenters. The summed E-state index contributed by atoms with van der Waals surface area (Å²) in [4.78, 5) is 4.66. The van der Waals surface area contributed by atoms with Gasteiger partial charge in [-0.05, 0) is 56.0 Å². The van der Waals surface area contributed by atoms with Crippen molar-refractivity contribution in [2.75, 3.05) is 13.1 Å². The van der Waals surface area contributed by atoms with E-state index in [1.54, 1.807) is 0 Å². The lowest BCUT2D eigenvalue weighted by molar-refractivity contribution is 0.376. The number of hydrogen-bond acceptors (Lipinski definition) is 3. The Morgan fingerprint density at radius 2 is 2.20 bits per heavy atom. The van der Waals surface area contributed by atoms with Gasteiger partial charge in [0.15, 0.2) is 5.58 Å². The van der Waals surface area contributed by atoms with Crippen molar-refractivity contribution in [3.63, 3.8) is 0 Å². The van der Waals surface area contributed by atoms with Crippen LogP contribution in [0, 0.1) is 5.92 Å². The molecular formula is C17H24N2O. The number of benzene rings is 1. The average molecular weight is 272 g/mol. The molecule has 1 aliphatic heterocycles. The van der Waals surface area contributed by atoms with E-state index in [0.29, 0.717) is 0 Å². The number of piperidine rings is 1. The summed E-state index contributed by atoms with van der Waals surface area (Å²) in [6.07, 6.45) is 3.77. The standard InChI is InChI=1S/C17H24N2O/c1-17(2,3)16-19-14-10-12(6-7-15(14)20-16)9-13-5-4-8-18-11-13/h6-7,10,13,18H,4-5,8-9,11H2,1-3H3. The van der Waals surface area contributed by atoms with Crippen molar-refractivity contribution >= 4 is 11.1 Å². The van der Waals surface area contributed by atoms with Crippen LogP contribution in [0.15, 0.2) is 22.6 Å². The molecule has 2 heterocycles. The summed E-state index contributed by atoms with van der Waals surface area (Å²) in [5.74, 6) is 1.58. The Morgan fingerprint density at radius 1 is 1.35 bits per heavy atom. The van der Waals surface area contributed by atoms with E-state index in [1.807, 2.05) is 0 Å². The minimum Gasteiger partial charge on any atom is -0.440 e. The van der Waals surface area contributed by atoms with Crippen LogP contribution in [0.4, 0.5) is 0 Å². The molecule has 1 saturated heterocycles. The first-order valence-corrected chi connectivity index (χ1v) is 7.63. The molecule has 0 amide bonds. The fraction of sp³-hybridized carbons (Fsp3) is 0.588. The lowest BCUT2D eigenvalue weighted by Crippen LogP contribution is -2.30. The Hall–Kier alpha value is -1.35. The van der Waals surface area contributed by atoms with Gasteiger partial charge >= 0.3 is 0 Å². The van der Waals surface area contributed by atoms with Gasteiger partial charge in [-0.1, -0.05) is 26.8 Å². The summed E-state index contributed by atoms with van der Waals surface area (Å²) in [6.45, 7) is 8.71. The summed E-state index contributed by atoms with van der Waals surface area (Å²) in [7, 11) is 0. The van der Waals surface area contributed by atoms with Gasteiger partial charge in [0.05, 0.1) is 0 Å². The van der Waals surface area contributed by atoms with Gasteiger partial charge in [0.1, 0.15) is 5.52 Å². The molecule has 1 aromatic heterocycles. The molecule has 2 aromatic rings. The lowest BCUT2D eigenvalue weighted by atomic mass is 9.92. The zero-order chi connectivity index (χ0) is 14.2. The van der Waals surface area contributed by atoms with Gasteiger partial charge in [0, 0.05) is 5.41 Å². The number of fused-ring (bicyclic) bond motifs is 1. The van der Waals surface area contributed by atoms with E-state index in [2.05, 4.69) is 49.3 Å². The second-order valence-electron chi connectivity index (χ2n) is 6.99. The normalized spacial score (nSPS) is 20.4. The summed E-state index contributed by atoms with van der Waals surface area (Å²) in [5.41, 5.74) is 3.24. The maximum atomic E-state index is 5.85. The maximum absolute atomic E-state index is 5.85. The van der Waals surface area contributed by atoms with Crippen LogP contribution < -0.4 is 5.32 Å². The van der Waals surface area contributed by atoms with Crippen LogP contribution in [0.3, 0.4) is 0 Å². The zero-order valence-corrected chi connectivity index (χ0v) is 12.7. The van der Waals surface area contributed by atoms with Crippen molar-refractivity contribution in [3.05, 3.63) is 29.7 Å². The van der Waals surface area contributed by atoms with Crippen molar-refractivity contribution in [2.45, 2.75) is 45.4 Å². The highest BCUT2D eigenvalue weighted by molar-refractivity contribution is 5.73. The summed E-state index contributed by atoms with van der Waals surface area (Å²) in [6, 6.07) is 6.46. The first-order chi connectivity index (χ1) is 9.52. The van der Waals surface area contributed by atoms with Crippen LogP contribution in [-0.2, 0) is 11.8 Å². The summed E-state index contributed by atoms with van der Waals surface area (Å²) in [5, 5.41) is 3.48. The quantitative estimate of drug-likeness (QED) is 0.906. The topological polar surface area (TPSA) is 38.1 Å². The predicted molar refractivity (Wildman–Crippen MR) is 82.0 cm³/mol. The first kappa shape index (κ1) is 13.6. The van der Waals surface area contributed by atoms with Gasteiger partial charge in [-0.2, -0.15) is 0 Å². The number of nitrogens with one attached hydrogen (secondary N) is 1. The highest BCUT2D eigenvalue weighted by Gasteiger charge is 2.21. The smallest absolute Gasteiger partial charge is 0.200 e. The molecule has 0 radical (unpaired) electrons. The number of hydrogen-bond donors (Lipinski definition) is 1. The molecule has 1 unspecified atom stereocenters. The Balaban J connectivity index is 1.82. The summed E-state index contributed by atoms with van der Waals surface area (Å²) < 4.78 is 5.85. The van der Waals surface area contributed by atoms with Gasteiger partial charge in [-0.25, -0.2) is 4.98 Å². The van der Waals surface area contributed by atoms with E-state index in [1.165, 1.54) is 24.9 Å². The highest BCUT2D eigenvalue weighted by Crippen LogP contribution is 2.27. The molecule has 0 aliphatic carbocycles. The largest absolute Gasteiger partial charge is 0.440 e. The molecule has 0 saturated carbocycles. The Kier molecular flexibility index (Phi) is 3.55. The van der Waals surface area contributed by atoms with E-state index in [9.17, 15) is 0 Å². The third-order valence-electron chi connectivity index (χ3n) is 4.02. The van der Waals surface area contributed by atoms with E-state index < -0.39 is 0 Å². The van der Waals surface area contributed by atoms with E-state index >= 15 is 0 Å². The zero-order valence-electron chi connectivity index (χ0n) is 12.7. The molecule has 3 rings (SSSR count). The maximum Gasteiger partial charge on any atom is 0.200 e. The van der Waals surface area contributed by atoms with Gasteiger partial charge in [0.2, 0.25) is 5.89 Å². The number of aromatic nitrogens is 1. The molecule has 1 aromatic carbocycles. The molecule has 3 nitrogen and oxygen atoms in total. The van der Waals surface area contributed by atoms with Gasteiger partial charge in [-0.3, -0.25) is 0 Å². The molecule has 0 bridgehead atoms. The Labute approximate surface area is 120 Å². The fourth-order valence-corrected chi connectivity index (χ4v) is 2.85. The molecule has 1 aliphatic rings. The van der Waals surface area contributed by atoms with E-state index in [0.717, 1.165) is 35.9 Å².